The van der Waals surface area contributed by atoms with E-state index in [1.807, 2.05) is 46.9 Å². The Morgan fingerprint density at radius 1 is 1.10 bits per heavy atom. The van der Waals surface area contributed by atoms with Gasteiger partial charge >= 0.3 is 6.36 Å². The first-order chi connectivity index (χ1) is 19.1. The fraction of sp³-hybridized carbons (Fsp3) is 0.370. The van der Waals surface area contributed by atoms with Crippen molar-refractivity contribution < 1.29 is 32.3 Å². The van der Waals surface area contributed by atoms with Gasteiger partial charge in [-0.3, -0.25) is 19.6 Å². The van der Waals surface area contributed by atoms with Crippen molar-refractivity contribution in [1.29, 1.82) is 0 Å². The number of hydrogen-bond acceptors (Lipinski definition) is 8. The van der Waals surface area contributed by atoms with Gasteiger partial charge in [0.2, 0.25) is 0 Å². The van der Waals surface area contributed by atoms with Crippen LogP contribution in [-0.4, -0.2) is 70.7 Å². The minimum absolute atomic E-state index is 0.0390. The first-order valence-corrected chi connectivity index (χ1v) is 12.7. The van der Waals surface area contributed by atoms with Crippen molar-refractivity contribution in [2.75, 3.05) is 44.2 Å². The lowest BCUT2D eigenvalue weighted by molar-refractivity contribution is -0.426. The number of nitrogens with zero attached hydrogens (tertiary/aromatic N) is 5. The predicted molar refractivity (Wildman–Crippen MR) is 140 cm³/mol. The highest BCUT2D eigenvalue weighted by Crippen LogP contribution is 2.29. The number of ether oxygens (including phenoxy) is 3. The zero-order chi connectivity index (χ0) is 28.3. The molecule has 0 N–H and O–H groups in total. The second-order valence-corrected chi connectivity index (χ2v) is 9.95. The van der Waals surface area contributed by atoms with Crippen molar-refractivity contribution in [3.8, 4) is 17.5 Å². The molecule has 2 aromatic carbocycles. The Morgan fingerprint density at radius 3 is 2.40 bits per heavy atom. The molecule has 0 aliphatic carbocycles. The summed E-state index contributed by atoms with van der Waals surface area (Å²) in [6.07, 6.45) is 0.155. The fourth-order valence-electron chi connectivity index (χ4n) is 4.71. The van der Waals surface area contributed by atoms with Crippen molar-refractivity contribution in [1.82, 2.24) is 14.5 Å². The van der Waals surface area contributed by atoms with E-state index in [0.29, 0.717) is 50.9 Å². The molecule has 3 aromatic rings. The topological polar surface area (TPSA) is 95.1 Å². The van der Waals surface area contributed by atoms with Gasteiger partial charge in [0.1, 0.15) is 18.1 Å². The second kappa shape index (κ2) is 11.1. The van der Waals surface area contributed by atoms with E-state index in [0.717, 1.165) is 23.6 Å². The van der Waals surface area contributed by atoms with Crippen LogP contribution in [-0.2, 0) is 6.54 Å². The summed E-state index contributed by atoms with van der Waals surface area (Å²) in [6.45, 7) is 5.76. The Kier molecular flexibility index (Phi) is 7.57. The largest absolute Gasteiger partial charge is 0.573 e. The van der Waals surface area contributed by atoms with Gasteiger partial charge in [-0.05, 0) is 48.9 Å². The fourth-order valence-corrected chi connectivity index (χ4v) is 4.71. The van der Waals surface area contributed by atoms with Gasteiger partial charge in [0.05, 0.1) is 18.0 Å². The molecule has 1 aromatic heterocycles. The molecule has 0 amide bonds. The van der Waals surface area contributed by atoms with E-state index < -0.39 is 16.9 Å². The van der Waals surface area contributed by atoms with Crippen LogP contribution >= 0.6 is 0 Å². The van der Waals surface area contributed by atoms with E-state index in [1.54, 1.807) is 6.20 Å². The summed E-state index contributed by atoms with van der Waals surface area (Å²) in [5.41, 5.74) is 0.923. The molecule has 13 heteroatoms. The lowest BCUT2D eigenvalue weighted by Gasteiger charge is -2.35. The van der Waals surface area contributed by atoms with Crippen LogP contribution in [0, 0.1) is 10.1 Å². The quantitative estimate of drug-likeness (QED) is 0.280. The number of imidazole rings is 1. The Labute approximate surface area is 228 Å². The second-order valence-electron chi connectivity index (χ2n) is 9.95. The minimum atomic E-state index is -4.79. The molecule has 1 saturated heterocycles. The smallest absolute Gasteiger partial charge is 0.489 e. The number of piperazine rings is 1. The lowest BCUT2D eigenvalue weighted by Crippen LogP contribution is -2.47. The Morgan fingerprint density at radius 2 is 1.77 bits per heavy atom. The molecule has 2 aliphatic rings. The average Bonchev–Trinajstić information content (AvgIpc) is 3.47. The highest BCUT2D eigenvalue weighted by molar-refractivity contribution is 5.53. The molecule has 1 atom stereocenters. The van der Waals surface area contributed by atoms with Crippen molar-refractivity contribution in [2.24, 2.45) is 0 Å². The van der Waals surface area contributed by atoms with Crippen LogP contribution in [0.25, 0.3) is 6.08 Å². The van der Waals surface area contributed by atoms with Crippen molar-refractivity contribution in [2.45, 2.75) is 25.4 Å². The highest BCUT2D eigenvalue weighted by Gasteiger charge is 2.36. The molecule has 40 heavy (non-hydrogen) atoms. The third kappa shape index (κ3) is 6.84. The maximum atomic E-state index is 12.4. The molecule has 10 nitrogen and oxygen atoms in total. The monoisotopic (exact) mass is 559 g/mol. The van der Waals surface area contributed by atoms with Crippen LogP contribution in [0.1, 0.15) is 12.5 Å². The minimum Gasteiger partial charge on any atom is -0.489 e. The summed E-state index contributed by atoms with van der Waals surface area (Å²) in [7, 11) is 0. The maximum absolute atomic E-state index is 12.4. The molecule has 5 rings (SSSR count). The number of benzene rings is 2. The summed E-state index contributed by atoms with van der Waals surface area (Å²) in [4.78, 5) is 19.6. The van der Waals surface area contributed by atoms with Gasteiger partial charge in [-0.25, -0.2) is 4.98 Å². The zero-order valence-electron chi connectivity index (χ0n) is 21.7. The normalized spacial score (nSPS) is 19.7. The number of alkyl halides is 3. The number of aromatic nitrogens is 2. The van der Waals surface area contributed by atoms with Crippen LogP contribution in [0.2, 0.25) is 0 Å². The summed E-state index contributed by atoms with van der Waals surface area (Å²) < 4.78 is 54.7. The Hall–Kier alpha value is -4.26. The van der Waals surface area contributed by atoms with Crippen LogP contribution in [0.5, 0.6) is 17.5 Å². The molecule has 0 spiro atoms. The van der Waals surface area contributed by atoms with Gasteiger partial charge in [0.25, 0.3) is 11.7 Å². The molecule has 2 aliphatic heterocycles. The van der Waals surface area contributed by atoms with E-state index >= 15 is 0 Å². The van der Waals surface area contributed by atoms with Crippen molar-refractivity contribution in [3.63, 3.8) is 0 Å². The summed E-state index contributed by atoms with van der Waals surface area (Å²) in [5.74, 6) is 0.351. The Bertz CT molecular complexity index is 1330. The number of halogens is 3. The number of nitro groups is 1. The number of hydrogen-bond donors (Lipinski definition) is 0. The van der Waals surface area contributed by atoms with Crippen LogP contribution in [0.15, 0.2) is 66.6 Å². The van der Waals surface area contributed by atoms with Crippen LogP contribution in [0.4, 0.5) is 18.9 Å². The summed E-state index contributed by atoms with van der Waals surface area (Å²) >= 11 is 0. The predicted octanol–water partition coefficient (Wildman–Crippen LogP) is 4.45. The summed E-state index contributed by atoms with van der Waals surface area (Å²) in [5, 5.41) is 11.7. The average molecular weight is 560 g/mol. The van der Waals surface area contributed by atoms with Gasteiger partial charge in [0, 0.05) is 50.3 Å². The third-order valence-electron chi connectivity index (χ3n) is 6.71. The van der Waals surface area contributed by atoms with E-state index in [1.165, 1.54) is 18.2 Å². The van der Waals surface area contributed by atoms with Crippen LogP contribution < -0.4 is 19.1 Å². The van der Waals surface area contributed by atoms with E-state index in [4.69, 9.17) is 9.47 Å². The molecule has 1 unspecified atom stereocenters. The summed E-state index contributed by atoms with van der Waals surface area (Å²) in [6, 6.07) is 13.4. The molecule has 0 radical (unpaired) electrons. The molecular formula is C27H28F3N5O5. The van der Waals surface area contributed by atoms with E-state index in [-0.39, 0.29) is 18.0 Å². The number of fused-ring (bicyclic) bond motifs is 1. The highest BCUT2D eigenvalue weighted by atomic mass is 19.4. The molecule has 212 valence electrons. The van der Waals surface area contributed by atoms with Gasteiger partial charge in [-0.15, -0.1) is 13.2 Å². The Balaban J connectivity index is 1.11. The van der Waals surface area contributed by atoms with Gasteiger partial charge in [-0.2, -0.15) is 0 Å². The molecule has 3 heterocycles. The van der Waals surface area contributed by atoms with Gasteiger partial charge in [0.15, 0.2) is 5.60 Å². The molecular weight excluding hydrogens is 531 g/mol. The van der Waals surface area contributed by atoms with E-state index in [2.05, 4.69) is 14.6 Å². The number of anilines is 1. The standard InChI is InChI=1S/C27H28F3N5O5/c1-26(18-34-11-10-31-25(34)40-26)19-38-23-8-4-21(5-9-23)33-14-12-32(13-15-33)17-22(35(36)37)16-20-2-6-24(7-3-20)39-27(28,29)30/h2-11,16H,12-15,17-19H2,1H3. The van der Waals surface area contributed by atoms with Crippen LogP contribution in [0.3, 0.4) is 0 Å². The molecule has 0 saturated carbocycles. The molecule has 0 bridgehead atoms. The molecule has 1 fully saturated rings. The lowest BCUT2D eigenvalue weighted by atomic mass is 10.1. The maximum Gasteiger partial charge on any atom is 0.573 e. The van der Waals surface area contributed by atoms with Gasteiger partial charge < -0.3 is 19.1 Å². The van der Waals surface area contributed by atoms with Crippen molar-refractivity contribution in [3.05, 3.63) is 82.3 Å². The number of rotatable bonds is 9. The first-order valence-electron chi connectivity index (χ1n) is 12.7. The van der Waals surface area contributed by atoms with E-state index in [9.17, 15) is 23.3 Å². The zero-order valence-corrected chi connectivity index (χ0v) is 21.7. The van der Waals surface area contributed by atoms with Crippen molar-refractivity contribution >= 4 is 11.8 Å². The first kappa shape index (κ1) is 27.3. The third-order valence-corrected chi connectivity index (χ3v) is 6.71. The SMILES string of the molecule is CC1(COc2ccc(N3CCN(CC(=Cc4ccc(OC(F)(F)F)cc4)[N+](=O)[O-])CC3)cc2)Cn2ccnc2O1. The van der Waals surface area contributed by atoms with Gasteiger partial charge in [-0.1, -0.05) is 12.1 Å².